The van der Waals surface area contributed by atoms with E-state index in [9.17, 15) is 0 Å². The van der Waals surface area contributed by atoms with Crippen LogP contribution in [0.25, 0.3) is 0 Å². The van der Waals surface area contributed by atoms with Gasteiger partial charge in [0.15, 0.2) is 0 Å². The molecule has 0 aliphatic carbocycles. The summed E-state index contributed by atoms with van der Waals surface area (Å²) in [5.41, 5.74) is 2.14. The second kappa shape index (κ2) is 9.66. The molecule has 0 saturated carbocycles. The van der Waals surface area contributed by atoms with E-state index in [1.165, 1.54) is 5.56 Å². The van der Waals surface area contributed by atoms with E-state index in [-0.39, 0.29) is 6.61 Å². The topological polar surface area (TPSA) is 50.7 Å². The van der Waals surface area contributed by atoms with E-state index >= 15 is 0 Å². The summed E-state index contributed by atoms with van der Waals surface area (Å²) in [4.78, 5) is 0. The zero-order valence-electron chi connectivity index (χ0n) is 12.8. The molecule has 2 rings (SSSR count). The van der Waals surface area contributed by atoms with Gasteiger partial charge < -0.3 is 19.9 Å². The third-order valence-corrected chi connectivity index (χ3v) is 2.77. The Hall–Kier alpha value is -2.20. The Balaban J connectivity index is 0.000000262. The van der Waals surface area contributed by atoms with Crippen molar-refractivity contribution in [3.05, 3.63) is 54.1 Å². The molecule has 0 spiro atoms. The van der Waals surface area contributed by atoms with Crippen LogP contribution in [0.3, 0.4) is 0 Å². The van der Waals surface area contributed by atoms with Crippen molar-refractivity contribution in [2.24, 2.45) is 0 Å². The Morgan fingerprint density at radius 1 is 1.00 bits per heavy atom. The van der Waals surface area contributed by atoms with Gasteiger partial charge in [0, 0.05) is 12.6 Å². The monoisotopic (exact) mass is 289 g/mol. The number of aliphatic hydroxyl groups is 1. The van der Waals surface area contributed by atoms with E-state index in [0.29, 0.717) is 6.54 Å². The molecule has 4 heteroatoms. The van der Waals surface area contributed by atoms with Crippen LogP contribution in [0.15, 0.2) is 48.5 Å². The summed E-state index contributed by atoms with van der Waals surface area (Å²) in [5.74, 6) is 1.49. The molecular formula is C17H23NO3. The third-order valence-electron chi connectivity index (χ3n) is 2.77. The Labute approximate surface area is 126 Å². The summed E-state index contributed by atoms with van der Waals surface area (Å²) in [7, 11) is 3.21. The third kappa shape index (κ3) is 6.19. The van der Waals surface area contributed by atoms with E-state index in [2.05, 4.69) is 24.4 Å². The van der Waals surface area contributed by atoms with E-state index in [1.807, 2.05) is 36.4 Å². The maximum absolute atomic E-state index is 8.68. The molecule has 0 aliphatic heterocycles. The number of anilines is 1. The summed E-state index contributed by atoms with van der Waals surface area (Å²) in [6.07, 6.45) is 0. The number of methoxy groups -OCH3 is 2. The lowest BCUT2D eigenvalue weighted by Gasteiger charge is -2.11. The molecule has 4 nitrogen and oxygen atoms in total. The van der Waals surface area contributed by atoms with Crippen LogP contribution in [-0.4, -0.2) is 32.5 Å². The maximum atomic E-state index is 8.68. The molecule has 2 aromatic carbocycles. The molecule has 0 aromatic heterocycles. The number of hydrogen-bond donors (Lipinski definition) is 2. The number of rotatable bonds is 5. The fourth-order valence-corrected chi connectivity index (χ4v) is 1.68. The largest absolute Gasteiger partial charge is 0.497 e. The Morgan fingerprint density at radius 3 is 2.19 bits per heavy atom. The van der Waals surface area contributed by atoms with Crippen molar-refractivity contribution in [2.75, 3.05) is 32.7 Å². The lowest BCUT2D eigenvalue weighted by atomic mass is 10.2. The van der Waals surface area contributed by atoms with Gasteiger partial charge in [0.2, 0.25) is 0 Å². The van der Waals surface area contributed by atoms with Crippen LogP contribution < -0.4 is 14.8 Å². The predicted octanol–water partition coefficient (Wildman–Crippen LogP) is 3.10. The second-order valence-corrected chi connectivity index (χ2v) is 4.37. The summed E-state index contributed by atoms with van der Waals surface area (Å²) >= 11 is 0. The van der Waals surface area contributed by atoms with Crippen LogP contribution in [0.5, 0.6) is 11.5 Å². The summed E-state index contributed by atoms with van der Waals surface area (Å²) < 4.78 is 10.2. The van der Waals surface area contributed by atoms with Crippen molar-refractivity contribution in [3.63, 3.8) is 0 Å². The number of nitrogens with one attached hydrogen (secondary N) is 1. The van der Waals surface area contributed by atoms with Gasteiger partial charge in [-0.15, -0.1) is 0 Å². The van der Waals surface area contributed by atoms with Crippen molar-refractivity contribution in [2.45, 2.75) is 6.92 Å². The Morgan fingerprint density at radius 2 is 1.71 bits per heavy atom. The van der Waals surface area contributed by atoms with Gasteiger partial charge >= 0.3 is 0 Å². The van der Waals surface area contributed by atoms with Gasteiger partial charge in [-0.3, -0.25) is 0 Å². The summed E-state index contributed by atoms with van der Waals surface area (Å²) in [6, 6.07) is 15.7. The van der Waals surface area contributed by atoms with Gasteiger partial charge in [-0.1, -0.05) is 35.9 Å². The van der Waals surface area contributed by atoms with Crippen molar-refractivity contribution < 1.29 is 14.6 Å². The summed E-state index contributed by atoms with van der Waals surface area (Å²) in [6.45, 7) is 2.66. The van der Waals surface area contributed by atoms with Gasteiger partial charge in [0.05, 0.1) is 26.5 Å². The minimum atomic E-state index is 0.0837. The highest BCUT2D eigenvalue weighted by Crippen LogP contribution is 2.28. The maximum Gasteiger partial charge on any atom is 0.142 e. The van der Waals surface area contributed by atoms with Gasteiger partial charge in [-0.2, -0.15) is 0 Å². The predicted molar refractivity (Wildman–Crippen MR) is 86.3 cm³/mol. The highest BCUT2D eigenvalue weighted by molar-refractivity contribution is 5.59. The molecule has 0 saturated heterocycles. The molecule has 0 unspecified atom stereocenters. The van der Waals surface area contributed by atoms with E-state index in [0.717, 1.165) is 17.2 Å². The van der Waals surface area contributed by atoms with Crippen molar-refractivity contribution in [1.29, 1.82) is 0 Å². The van der Waals surface area contributed by atoms with Crippen LogP contribution in [-0.2, 0) is 0 Å². The number of ether oxygens (including phenoxy) is 2. The molecule has 0 aliphatic rings. The van der Waals surface area contributed by atoms with Crippen molar-refractivity contribution in [1.82, 2.24) is 0 Å². The molecule has 0 fully saturated rings. The normalized spacial score (nSPS) is 9.33. The first-order valence-corrected chi connectivity index (χ1v) is 6.79. The van der Waals surface area contributed by atoms with Crippen LogP contribution in [0.2, 0.25) is 0 Å². The van der Waals surface area contributed by atoms with Crippen LogP contribution in [0.4, 0.5) is 5.69 Å². The zero-order chi connectivity index (χ0) is 15.5. The van der Waals surface area contributed by atoms with Gasteiger partial charge in [-0.05, 0) is 19.1 Å². The van der Waals surface area contributed by atoms with E-state index < -0.39 is 0 Å². The molecule has 2 N–H and O–H groups in total. The number of aryl methyl sites for hydroxylation is 1. The minimum Gasteiger partial charge on any atom is -0.497 e. The summed E-state index contributed by atoms with van der Waals surface area (Å²) in [5, 5.41) is 11.7. The SMILES string of the molecule is COc1ccc(OC)c(NCCO)c1.Cc1ccccc1. The number of aliphatic hydroxyl groups excluding tert-OH is 1. The Bertz CT molecular complexity index is 515. The number of benzene rings is 2. The lowest BCUT2D eigenvalue weighted by molar-refractivity contribution is 0.310. The van der Waals surface area contributed by atoms with Gasteiger partial charge in [0.25, 0.3) is 0 Å². The molecule has 114 valence electrons. The van der Waals surface area contributed by atoms with Gasteiger partial charge in [0.1, 0.15) is 11.5 Å². The fraction of sp³-hybridized carbons (Fsp3) is 0.294. The highest BCUT2D eigenvalue weighted by Gasteiger charge is 2.03. The van der Waals surface area contributed by atoms with Gasteiger partial charge in [-0.25, -0.2) is 0 Å². The first-order chi connectivity index (χ1) is 10.2. The molecule has 0 bridgehead atoms. The quantitative estimate of drug-likeness (QED) is 0.888. The van der Waals surface area contributed by atoms with E-state index in [1.54, 1.807) is 14.2 Å². The van der Waals surface area contributed by atoms with Crippen molar-refractivity contribution in [3.8, 4) is 11.5 Å². The molecular weight excluding hydrogens is 266 g/mol. The molecule has 2 aromatic rings. The first-order valence-electron chi connectivity index (χ1n) is 6.79. The molecule has 0 heterocycles. The average Bonchev–Trinajstić information content (AvgIpc) is 2.54. The molecule has 21 heavy (non-hydrogen) atoms. The number of hydrogen-bond acceptors (Lipinski definition) is 4. The zero-order valence-corrected chi connectivity index (χ0v) is 12.8. The van der Waals surface area contributed by atoms with Crippen molar-refractivity contribution >= 4 is 5.69 Å². The van der Waals surface area contributed by atoms with Crippen LogP contribution >= 0.6 is 0 Å². The fourth-order valence-electron chi connectivity index (χ4n) is 1.68. The highest BCUT2D eigenvalue weighted by atomic mass is 16.5. The molecule has 0 radical (unpaired) electrons. The average molecular weight is 289 g/mol. The molecule has 0 atom stereocenters. The lowest BCUT2D eigenvalue weighted by Crippen LogP contribution is -2.06. The smallest absolute Gasteiger partial charge is 0.142 e. The van der Waals surface area contributed by atoms with E-state index in [4.69, 9.17) is 14.6 Å². The minimum absolute atomic E-state index is 0.0837. The Kier molecular flexibility index (Phi) is 7.76. The standard InChI is InChI=1S/C10H15NO3.C7H8/c1-13-8-3-4-10(14-2)9(7-8)11-5-6-12;1-7-5-3-2-4-6-7/h3-4,7,11-12H,5-6H2,1-2H3;2-6H,1H3. The van der Waals surface area contributed by atoms with Crippen LogP contribution in [0, 0.1) is 6.92 Å². The second-order valence-electron chi connectivity index (χ2n) is 4.37. The molecule has 0 amide bonds. The first kappa shape index (κ1) is 16.9. The van der Waals surface area contributed by atoms with Crippen LogP contribution in [0.1, 0.15) is 5.56 Å².